The van der Waals surface area contributed by atoms with Gasteiger partial charge in [0.2, 0.25) is 0 Å². The van der Waals surface area contributed by atoms with Crippen LogP contribution < -0.4 is 10.1 Å². The van der Waals surface area contributed by atoms with Crippen molar-refractivity contribution in [2.45, 2.75) is 6.04 Å². The zero-order valence-corrected chi connectivity index (χ0v) is 13.2. The number of benzene rings is 2. The van der Waals surface area contributed by atoms with E-state index in [1.807, 2.05) is 24.3 Å². The molecule has 0 aliphatic carbocycles. The van der Waals surface area contributed by atoms with Crippen molar-refractivity contribution >= 4 is 22.6 Å². The van der Waals surface area contributed by atoms with Crippen LogP contribution in [0, 0.1) is 15.2 Å². The maximum absolute atomic E-state index is 14.2. The highest BCUT2D eigenvalue weighted by Crippen LogP contribution is 2.31. The molecule has 0 aliphatic heterocycles. The molecule has 0 amide bonds. The lowest BCUT2D eigenvalue weighted by Gasteiger charge is -2.20. The Morgan fingerprint density at radius 3 is 2.25 bits per heavy atom. The van der Waals surface area contributed by atoms with E-state index in [1.165, 1.54) is 19.2 Å². The zero-order valence-electron chi connectivity index (χ0n) is 11.1. The predicted molar refractivity (Wildman–Crippen MR) is 83.0 cm³/mol. The van der Waals surface area contributed by atoms with Gasteiger partial charge in [-0.05, 0) is 41.3 Å². The summed E-state index contributed by atoms with van der Waals surface area (Å²) < 4.78 is 34.2. The molecule has 0 bridgehead atoms. The van der Waals surface area contributed by atoms with Crippen LogP contribution in [0.15, 0.2) is 36.4 Å². The molecule has 2 nitrogen and oxygen atoms in total. The summed E-state index contributed by atoms with van der Waals surface area (Å²) in [5, 5.41) is 2.97. The van der Waals surface area contributed by atoms with Crippen molar-refractivity contribution in [2.24, 2.45) is 0 Å². The molecule has 0 saturated carbocycles. The second-order valence-corrected chi connectivity index (χ2v) is 5.41. The van der Waals surface area contributed by atoms with Crippen molar-refractivity contribution in [1.82, 2.24) is 5.32 Å². The van der Waals surface area contributed by atoms with Gasteiger partial charge in [-0.25, -0.2) is 8.78 Å². The molecule has 2 aromatic rings. The standard InChI is InChI=1S/C15H14F2INO/c1-19-15(10-5-3-4-6-13(10)18)14-11(16)7-9(20-2)8-12(14)17/h3-8,15,19H,1-2H3. The van der Waals surface area contributed by atoms with Crippen LogP contribution in [0.4, 0.5) is 8.78 Å². The maximum Gasteiger partial charge on any atom is 0.134 e. The summed E-state index contributed by atoms with van der Waals surface area (Å²) in [4.78, 5) is 0. The first-order valence-electron chi connectivity index (χ1n) is 6.03. The minimum absolute atomic E-state index is 0.00239. The normalized spacial score (nSPS) is 12.2. The Labute approximate surface area is 130 Å². The van der Waals surface area contributed by atoms with E-state index in [2.05, 4.69) is 27.9 Å². The molecule has 1 N–H and O–H groups in total. The summed E-state index contributed by atoms with van der Waals surface area (Å²) in [5.74, 6) is -1.08. The number of nitrogens with one attached hydrogen (secondary N) is 1. The minimum Gasteiger partial charge on any atom is -0.497 e. The first kappa shape index (κ1) is 15.2. The fraction of sp³-hybridized carbons (Fsp3) is 0.200. The Kier molecular flexibility index (Phi) is 4.93. The number of methoxy groups -OCH3 is 1. The van der Waals surface area contributed by atoms with Gasteiger partial charge in [0.15, 0.2) is 0 Å². The maximum atomic E-state index is 14.2. The van der Waals surface area contributed by atoms with Crippen LogP contribution in [0.2, 0.25) is 0 Å². The second-order valence-electron chi connectivity index (χ2n) is 4.25. The van der Waals surface area contributed by atoms with Crippen LogP contribution in [0.3, 0.4) is 0 Å². The molecule has 0 saturated heterocycles. The monoisotopic (exact) mass is 389 g/mol. The molecule has 106 valence electrons. The van der Waals surface area contributed by atoms with Crippen molar-refractivity contribution in [3.05, 3.63) is 62.7 Å². The van der Waals surface area contributed by atoms with Gasteiger partial charge in [-0.15, -0.1) is 0 Å². The van der Waals surface area contributed by atoms with Crippen molar-refractivity contribution < 1.29 is 13.5 Å². The van der Waals surface area contributed by atoms with E-state index in [0.29, 0.717) is 0 Å². The van der Waals surface area contributed by atoms with Gasteiger partial charge in [-0.2, -0.15) is 0 Å². The Hall–Kier alpha value is -1.21. The van der Waals surface area contributed by atoms with Crippen molar-refractivity contribution in [3.63, 3.8) is 0 Å². The predicted octanol–water partition coefficient (Wildman–Crippen LogP) is 3.89. The third kappa shape index (κ3) is 2.93. The highest BCUT2D eigenvalue weighted by Gasteiger charge is 2.23. The average molecular weight is 389 g/mol. The van der Waals surface area contributed by atoms with Crippen LogP contribution >= 0.6 is 22.6 Å². The van der Waals surface area contributed by atoms with Gasteiger partial charge >= 0.3 is 0 Å². The van der Waals surface area contributed by atoms with Gasteiger partial charge in [-0.1, -0.05) is 18.2 Å². The van der Waals surface area contributed by atoms with Gasteiger partial charge in [0, 0.05) is 21.3 Å². The fourth-order valence-corrected chi connectivity index (χ4v) is 2.82. The molecule has 0 spiro atoms. The van der Waals surface area contributed by atoms with E-state index in [4.69, 9.17) is 4.74 Å². The Balaban J connectivity index is 2.56. The molecule has 0 aromatic heterocycles. The lowest BCUT2D eigenvalue weighted by Crippen LogP contribution is -2.21. The van der Waals surface area contributed by atoms with Gasteiger partial charge in [0.05, 0.1) is 13.2 Å². The van der Waals surface area contributed by atoms with Crippen LogP contribution in [-0.4, -0.2) is 14.2 Å². The molecule has 2 rings (SSSR count). The Bertz CT molecular complexity index is 596. The molecule has 0 heterocycles. The van der Waals surface area contributed by atoms with E-state index < -0.39 is 17.7 Å². The minimum atomic E-state index is -0.624. The quantitative estimate of drug-likeness (QED) is 0.802. The third-order valence-electron chi connectivity index (χ3n) is 3.08. The van der Waals surface area contributed by atoms with Crippen LogP contribution in [0.1, 0.15) is 17.2 Å². The summed E-state index contributed by atoms with van der Waals surface area (Å²) in [5.41, 5.74) is 0.830. The Morgan fingerprint density at radius 1 is 1.15 bits per heavy atom. The molecule has 2 aromatic carbocycles. The first-order valence-corrected chi connectivity index (χ1v) is 7.11. The van der Waals surface area contributed by atoms with Crippen molar-refractivity contribution in [1.29, 1.82) is 0 Å². The zero-order chi connectivity index (χ0) is 14.7. The molecule has 5 heteroatoms. The number of hydrogen-bond donors (Lipinski definition) is 1. The lowest BCUT2D eigenvalue weighted by atomic mass is 9.97. The van der Waals surface area contributed by atoms with Crippen molar-refractivity contribution in [3.8, 4) is 5.75 Å². The molecular formula is C15H14F2INO. The van der Waals surface area contributed by atoms with E-state index >= 15 is 0 Å². The smallest absolute Gasteiger partial charge is 0.134 e. The Morgan fingerprint density at radius 2 is 1.75 bits per heavy atom. The van der Waals surface area contributed by atoms with E-state index in [9.17, 15) is 8.78 Å². The lowest BCUT2D eigenvalue weighted by molar-refractivity contribution is 0.403. The molecular weight excluding hydrogens is 375 g/mol. The van der Waals surface area contributed by atoms with Gasteiger partial charge in [-0.3, -0.25) is 0 Å². The summed E-state index contributed by atoms with van der Waals surface area (Å²) in [6.45, 7) is 0. The molecule has 20 heavy (non-hydrogen) atoms. The summed E-state index contributed by atoms with van der Waals surface area (Å²) in [6.07, 6.45) is 0. The van der Waals surface area contributed by atoms with E-state index in [-0.39, 0.29) is 11.3 Å². The highest BCUT2D eigenvalue weighted by atomic mass is 127. The number of ether oxygens (including phenoxy) is 1. The van der Waals surface area contributed by atoms with Crippen LogP contribution in [-0.2, 0) is 0 Å². The van der Waals surface area contributed by atoms with Gasteiger partial charge in [0.25, 0.3) is 0 Å². The van der Waals surface area contributed by atoms with E-state index in [0.717, 1.165) is 9.13 Å². The van der Waals surface area contributed by atoms with Crippen molar-refractivity contribution in [2.75, 3.05) is 14.2 Å². The second kappa shape index (κ2) is 6.49. The summed E-state index contributed by atoms with van der Waals surface area (Å²) >= 11 is 2.15. The van der Waals surface area contributed by atoms with E-state index in [1.54, 1.807) is 7.05 Å². The third-order valence-corrected chi connectivity index (χ3v) is 4.06. The molecule has 0 fully saturated rings. The first-order chi connectivity index (χ1) is 9.58. The summed E-state index contributed by atoms with van der Waals surface area (Å²) in [6, 6.07) is 9.33. The fourth-order valence-electron chi connectivity index (χ4n) is 2.12. The van der Waals surface area contributed by atoms with Gasteiger partial charge < -0.3 is 10.1 Å². The molecule has 1 unspecified atom stereocenters. The number of halogens is 3. The number of hydrogen-bond acceptors (Lipinski definition) is 2. The van der Waals surface area contributed by atoms with Gasteiger partial charge in [0.1, 0.15) is 17.4 Å². The molecule has 0 radical (unpaired) electrons. The van der Waals surface area contributed by atoms with Crippen LogP contribution in [0.5, 0.6) is 5.75 Å². The average Bonchev–Trinajstić information content (AvgIpc) is 2.43. The molecule has 0 aliphatic rings. The SMILES string of the molecule is CNC(c1ccccc1I)c1c(F)cc(OC)cc1F. The summed E-state index contributed by atoms with van der Waals surface area (Å²) in [7, 11) is 3.06. The van der Waals surface area contributed by atoms with Crippen LogP contribution in [0.25, 0.3) is 0 Å². The number of rotatable bonds is 4. The topological polar surface area (TPSA) is 21.3 Å². The largest absolute Gasteiger partial charge is 0.497 e. The highest BCUT2D eigenvalue weighted by molar-refractivity contribution is 14.1. The molecule has 1 atom stereocenters.